The first-order valence-electron chi connectivity index (χ1n) is 3.53. The minimum absolute atomic E-state index is 0.0185. The fourth-order valence-electron chi connectivity index (χ4n) is 0. The van der Waals surface area contributed by atoms with Crippen LogP contribution in [0.3, 0.4) is 0 Å². The van der Waals surface area contributed by atoms with Crippen LogP contribution >= 0.6 is 0 Å². The molecule has 0 heterocycles. The zero-order chi connectivity index (χ0) is 10.3. The zero-order valence-electron chi connectivity index (χ0n) is 7.83. The van der Waals surface area contributed by atoms with E-state index in [1.165, 1.54) is 27.7 Å². The van der Waals surface area contributed by atoms with Gasteiger partial charge in [-0.3, -0.25) is 4.79 Å². The fourth-order valence-corrected chi connectivity index (χ4v) is 0. The molecular formula is C8H16O4. The van der Waals surface area contributed by atoms with E-state index in [0.29, 0.717) is 0 Å². The van der Waals surface area contributed by atoms with Crippen LogP contribution < -0.4 is 0 Å². The third-order valence-electron chi connectivity index (χ3n) is 1.11. The molecule has 0 saturated heterocycles. The van der Waals surface area contributed by atoms with Crippen molar-refractivity contribution in [2.24, 2.45) is 0 Å². The number of Topliss-reactive ketones (excluding diaryl/α,β-unsaturated/α-hetero) is 1. The van der Waals surface area contributed by atoms with Crippen LogP contribution in [0.4, 0.5) is 0 Å². The Balaban J connectivity index is 0. The smallest absolute Gasteiger partial charge is 0.157 e. The number of aliphatic hydroxyl groups is 3. The van der Waals surface area contributed by atoms with Gasteiger partial charge in [0.25, 0.3) is 0 Å². The van der Waals surface area contributed by atoms with Crippen molar-refractivity contribution in [3.8, 4) is 0 Å². The summed E-state index contributed by atoms with van der Waals surface area (Å²) < 4.78 is 0. The molecule has 3 N–H and O–H groups in total. The van der Waals surface area contributed by atoms with Gasteiger partial charge in [-0.25, -0.2) is 0 Å². The van der Waals surface area contributed by atoms with Gasteiger partial charge in [-0.05, 0) is 27.7 Å². The maximum absolute atomic E-state index is 9.89. The molecule has 0 fully saturated rings. The molecule has 1 unspecified atom stereocenters. The number of carbonyl (C=O) groups excluding carboxylic acids is 1. The lowest BCUT2D eigenvalue weighted by molar-refractivity contribution is -0.124. The molecule has 4 heteroatoms. The molecule has 0 aromatic rings. The van der Waals surface area contributed by atoms with Gasteiger partial charge >= 0.3 is 0 Å². The number of allylic oxidation sites excluding steroid dienone is 2. The monoisotopic (exact) mass is 176 g/mol. The minimum atomic E-state index is -0.787. The lowest BCUT2D eigenvalue weighted by Gasteiger charge is -1.90. The predicted molar refractivity (Wildman–Crippen MR) is 46.0 cm³/mol. The van der Waals surface area contributed by atoms with Gasteiger partial charge in [0.05, 0.1) is 0 Å². The fraction of sp³-hybridized carbons (Fsp3) is 0.625. The molecule has 4 nitrogen and oxygen atoms in total. The molecule has 0 saturated carbocycles. The molecular weight excluding hydrogens is 160 g/mol. The van der Waals surface area contributed by atoms with E-state index < -0.39 is 6.10 Å². The van der Waals surface area contributed by atoms with Gasteiger partial charge in [-0.2, -0.15) is 0 Å². The van der Waals surface area contributed by atoms with E-state index >= 15 is 0 Å². The van der Waals surface area contributed by atoms with Crippen molar-refractivity contribution in [1.29, 1.82) is 0 Å². The second-order valence-electron chi connectivity index (χ2n) is 2.46. The van der Waals surface area contributed by atoms with E-state index in [4.69, 9.17) is 15.3 Å². The third-order valence-corrected chi connectivity index (χ3v) is 1.11. The maximum atomic E-state index is 9.89. The largest absolute Gasteiger partial charge is 0.509 e. The number of ketones is 1. The summed E-state index contributed by atoms with van der Waals surface area (Å²) in [7, 11) is 0. The Morgan fingerprint density at radius 2 is 1.25 bits per heavy atom. The molecule has 12 heavy (non-hydrogen) atoms. The number of rotatable bonds is 1. The molecule has 0 rings (SSSR count). The molecule has 0 spiro atoms. The van der Waals surface area contributed by atoms with Crippen LogP contribution in [0.15, 0.2) is 11.5 Å². The van der Waals surface area contributed by atoms with Gasteiger partial charge in [0.1, 0.15) is 17.6 Å². The van der Waals surface area contributed by atoms with Gasteiger partial charge in [0.2, 0.25) is 0 Å². The quantitative estimate of drug-likeness (QED) is 0.526. The van der Waals surface area contributed by atoms with Crippen molar-refractivity contribution in [2.75, 3.05) is 0 Å². The average Bonchev–Trinajstić information content (AvgIpc) is 1.88. The molecule has 0 aliphatic heterocycles. The first kappa shape index (κ1) is 13.6. The molecule has 0 aromatic carbocycles. The predicted octanol–water partition coefficient (Wildman–Crippen LogP) is 1.31. The van der Waals surface area contributed by atoms with Crippen molar-refractivity contribution in [3.63, 3.8) is 0 Å². The van der Waals surface area contributed by atoms with E-state index in [1.54, 1.807) is 0 Å². The Bertz CT molecular complexity index is 152. The molecule has 0 amide bonds. The van der Waals surface area contributed by atoms with Crippen LogP contribution in [0, 0.1) is 0 Å². The highest BCUT2D eigenvalue weighted by molar-refractivity contribution is 5.79. The maximum Gasteiger partial charge on any atom is 0.157 e. The summed E-state index contributed by atoms with van der Waals surface area (Å²) in [4.78, 5) is 9.89. The van der Waals surface area contributed by atoms with Crippen LogP contribution in [-0.2, 0) is 4.79 Å². The second-order valence-corrected chi connectivity index (χ2v) is 2.46. The van der Waals surface area contributed by atoms with Crippen LogP contribution in [0.5, 0.6) is 0 Å². The molecule has 0 aromatic heterocycles. The van der Waals surface area contributed by atoms with E-state index in [-0.39, 0.29) is 17.3 Å². The van der Waals surface area contributed by atoms with Gasteiger partial charge in [0.15, 0.2) is 5.78 Å². The molecule has 1 atom stereocenters. The molecule has 72 valence electrons. The lowest BCUT2D eigenvalue weighted by Crippen LogP contribution is -2.10. The SMILES string of the molecule is C/C(O)=C(\C)O.CC(=O)C(C)O. The van der Waals surface area contributed by atoms with Gasteiger partial charge < -0.3 is 15.3 Å². The highest BCUT2D eigenvalue weighted by Gasteiger charge is 1.97. The summed E-state index contributed by atoms with van der Waals surface area (Å²) in [6, 6.07) is 0. The standard InChI is InChI=1S/2C4H8O2/c2*1-3(5)4(2)6/h5-6H,1-2H3;3,5H,1-2H3/b4-3-;. The van der Waals surface area contributed by atoms with Crippen LogP contribution in [-0.4, -0.2) is 27.2 Å². The molecule has 0 radical (unpaired) electrons. The van der Waals surface area contributed by atoms with Crippen LogP contribution in [0.1, 0.15) is 27.7 Å². The first-order valence-corrected chi connectivity index (χ1v) is 3.53. The van der Waals surface area contributed by atoms with Crippen LogP contribution in [0.25, 0.3) is 0 Å². The van der Waals surface area contributed by atoms with Crippen molar-refractivity contribution in [3.05, 3.63) is 11.5 Å². The third kappa shape index (κ3) is 11.7. The van der Waals surface area contributed by atoms with Gasteiger partial charge in [-0.1, -0.05) is 0 Å². The van der Waals surface area contributed by atoms with E-state index in [9.17, 15) is 4.79 Å². The zero-order valence-corrected chi connectivity index (χ0v) is 7.83. The Morgan fingerprint density at radius 1 is 1.08 bits per heavy atom. The van der Waals surface area contributed by atoms with E-state index in [1.807, 2.05) is 0 Å². The van der Waals surface area contributed by atoms with E-state index in [0.717, 1.165) is 0 Å². The van der Waals surface area contributed by atoms with E-state index in [2.05, 4.69) is 0 Å². The molecule has 0 bridgehead atoms. The number of aliphatic hydroxyl groups excluding tert-OH is 3. The normalized spacial score (nSPS) is 13.8. The number of carbonyl (C=O) groups is 1. The summed E-state index contributed by atoms with van der Waals surface area (Å²) in [5.74, 6) is -0.222. The number of hydrogen-bond donors (Lipinski definition) is 3. The molecule has 0 aliphatic rings. The Hall–Kier alpha value is -1.03. The summed E-state index contributed by atoms with van der Waals surface area (Å²) in [5, 5.41) is 24.8. The van der Waals surface area contributed by atoms with Gasteiger partial charge in [-0.15, -0.1) is 0 Å². The average molecular weight is 176 g/mol. The minimum Gasteiger partial charge on any atom is -0.509 e. The van der Waals surface area contributed by atoms with Crippen molar-refractivity contribution in [2.45, 2.75) is 33.8 Å². The van der Waals surface area contributed by atoms with Crippen molar-refractivity contribution >= 4 is 5.78 Å². The summed E-state index contributed by atoms with van der Waals surface area (Å²) in [6.07, 6.45) is -0.787. The Kier molecular flexibility index (Phi) is 7.53. The summed E-state index contributed by atoms with van der Waals surface area (Å²) >= 11 is 0. The highest BCUT2D eigenvalue weighted by atomic mass is 16.3. The Labute approximate surface area is 72.2 Å². The summed E-state index contributed by atoms with van der Waals surface area (Å²) in [6.45, 7) is 5.65. The molecule has 0 aliphatic carbocycles. The van der Waals surface area contributed by atoms with Crippen molar-refractivity contribution < 1.29 is 20.1 Å². The highest BCUT2D eigenvalue weighted by Crippen LogP contribution is 1.90. The topological polar surface area (TPSA) is 77.8 Å². The van der Waals surface area contributed by atoms with Crippen LogP contribution in [0.2, 0.25) is 0 Å². The van der Waals surface area contributed by atoms with Crippen molar-refractivity contribution in [1.82, 2.24) is 0 Å². The van der Waals surface area contributed by atoms with Gasteiger partial charge in [0, 0.05) is 0 Å². The summed E-state index contributed by atoms with van der Waals surface area (Å²) in [5.41, 5.74) is 0. The number of hydrogen-bond acceptors (Lipinski definition) is 4. The lowest BCUT2D eigenvalue weighted by atomic mass is 10.3. The Morgan fingerprint density at radius 3 is 1.25 bits per heavy atom. The second kappa shape index (κ2) is 6.67. The first-order chi connectivity index (χ1) is 5.29.